The number of nitrogens with two attached hydrogens (primary N) is 1. The van der Waals surface area contributed by atoms with Gasteiger partial charge < -0.3 is 15.5 Å². The Hall–Kier alpha value is -0.610. The number of amides is 1. The summed E-state index contributed by atoms with van der Waals surface area (Å²) in [6.07, 6.45) is 2.10. The van der Waals surface area contributed by atoms with Gasteiger partial charge in [0.1, 0.15) is 0 Å². The average molecular weight is 241 g/mol. The van der Waals surface area contributed by atoms with Crippen LogP contribution < -0.4 is 5.73 Å². The Bertz CT molecular complexity index is 262. The molecule has 0 saturated carbocycles. The number of rotatable bonds is 3. The van der Waals surface area contributed by atoms with Crippen molar-refractivity contribution in [3.63, 3.8) is 0 Å². The van der Waals surface area contributed by atoms with Crippen molar-refractivity contribution in [1.82, 2.24) is 9.80 Å². The molecule has 0 unspecified atom stereocenters. The second-order valence-corrected chi connectivity index (χ2v) is 6.00. The molecule has 100 valence electrons. The summed E-state index contributed by atoms with van der Waals surface area (Å²) in [5, 5.41) is 0. The van der Waals surface area contributed by atoms with E-state index in [9.17, 15) is 4.79 Å². The van der Waals surface area contributed by atoms with Crippen molar-refractivity contribution in [1.29, 1.82) is 0 Å². The minimum atomic E-state index is -0.760. The fourth-order valence-corrected chi connectivity index (χ4v) is 2.41. The average Bonchev–Trinajstić information content (AvgIpc) is 2.26. The number of piperidine rings is 1. The molecule has 0 aromatic rings. The van der Waals surface area contributed by atoms with Gasteiger partial charge in [0.25, 0.3) is 0 Å². The predicted molar refractivity (Wildman–Crippen MR) is 70.8 cm³/mol. The summed E-state index contributed by atoms with van der Waals surface area (Å²) >= 11 is 0. The highest BCUT2D eigenvalue weighted by atomic mass is 16.2. The molecule has 0 aliphatic carbocycles. The summed E-state index contributed by atoms with van der Waals surface area (Å²) in [5.41, 5.74) is 5.10. The monoisotopic (exact) mass is 241 g/mol. The van der Waals surface area contributed by atoms with Crippen molar-refractivity contribution in [2.45, 2.75) is 58.2 Å². The first-order valence-corrected chi connectivity index (χ1v) is 6.53. The Labute approximate surface area is 105 Å². The highest BCUT2D eigenvalue weighted by molar-refractivity contribution is 5.85. The number of carbonyl (C=O) groups excluding carboxylic acids is 1. The van der Waals surface area contributed by atoms with Crippen LogP contribution in [-0.2, 0) is 4.79 Å². The van der Waals surface area contributed by atoms with E-state index in [1.165, 1.54) is 0 Å². The molecule has 1 saturated heterocycles. The van der Waals surface area contributed by atoms with Gasteiger partial charge in [-0.3, -0.25) is 4.79 Å². The number of likely N-dealkylation sites (N-methyl/N-ethyl adjacent to an activating group) is 1. The van der Waals surface area contributed by atoms with Gasteiger partial charge in [-0.2, -0.15) is 0 Å². The molecule has 1 aliphatic heterocycles. The zero-order valence-electron chi connectivity index (χ0n) is 11.9. The van der Waals surface area contributed by atoms with Crippen molar-refractivity contribution < 1.29 is 4.79 Å². The second kappa shape index (κ2) is 5.36. The largest absolute Gasteiger partial charge is 0.341 e. The number of likely N-dealkylation sites (tertiary alicyclic amines) is 1. The number of nitrogens with zero attached hydrogens (tertiary/aromatic N) is 2. The molecular weight excluding hydrogens is 214 g/mol. The molecule has 1 aliphatic rings. The van der Waals surface area contributed by atoms with Crippen LogP contribution in [0.4, 0.5) is 0 Å². The first kappa shape index (κ1) is 14.5. The lowest BCUT2D eigenvalue weighted by Crippen LogP contribution is -2.55. The fourth-order valence-electron chi connectivity index (χ4n) is 2.41. The summed E-state index contributed by atoms with van der Waals surface area (Å²) in [4.78, 5) is 16.4. The van der Waals surface area contributed by atoms with Crippen molar-refractivity contribution >= 4 is 5.91 Å². The van der Waals surface area contributed by atoms with Gasteiger partial charge in [-0.1, -0.05) is 0 Å². The second-order valence-electron chi connectivity index (χ2n) is 6.00. The number of hydrogen-bond donors (Lipinski definition) is 1. The van der Waals surface area contributed by atoms with E-state index in [4.69, 9.17) is 5.73 Å². The van der Waals surface area contributed by atoms with Crippen molar-refractivity contribution in [2.24, 2.45) is 5.73 Å². The third-order valence-corrected chi connectivity index (χ3v) is 3.65. The van der Waals surface area contributed by atoms with E-state index in [2.05, 4.69) is 18.7 Å². The van der Waals surface area contributed by atoms with Crippen LogP contribution in [0.15, 0.2) is 0 Å². The Kier molecular flexibility index (Phi) is 4.55. The van der Waals surface area contributed by atoms with E-state index < -0.39 is 5.54 Å². The quantitative estimate of drug-likeness (QED) is 0.803. The van der Waals surface area contributed by atoms with Crippen LogP contribution in [0.5, 0.6) is 0 Å². The highest BCUT2D eigenvalue weighted by Crippen LogP contribution is 2.19. The molecule has 0 atom stereocenters. The van der Waals surface area contributed by atoms with Crippen molar-refractivity contribution in [3.05, 3.63) is 0 Å². The van der Waals surface area contributed by atoms with Crippen LogP contribution in [0.25, 0.3) is 0 Å². The van der Waals surface area contributed by atoms with Crippen molar-refractivity contribution in [2.75, 3.05) is 20.1 Å². The molecule has 1 heterocycles. The third-order valence-electron chi connectivity index (χ3n) is 3.65. The molecule has 1 fully saturated rings. The maximum Gasteiger partial charge on any atom is 0.242 e. The molecule has 0 aromatic heterocycles. The van der Waals surface area contributed by atoms with E-state index in [-0.39, 0.29) is 5.91 Å². The molecule has 1 amide bonds. The first-order valence-electron chi connectivity index (χ1n) is 6.53. The summed E-state index contributed by atoms with van der Waals surface area (Å²) in [5.74, 6) is 0.0421. The topological polar surface area (TPSA) is 49.6 Å². The molecule has 4 heteroatoms. The number of carbonyl (C=O) groups is 1. The van der Waals surface area contributed by atoms with Crippen LogP contribution in [0.3, 0.4) is 0 Å². The van der Waals surface area contributed by atoms with Crippen LogP contribution in [0.2, 0.25) is 0 Å². The Morgan fingerprint density at radius 1 is 1.35 bits per heavy atom. The Balaban J connectivity index is 2.52. The standard InChI is InChI=1S/C13H27N3O/c1-10(2)16-8-6-11(7-9-16)15(5)12(17)13(3,4)14/h10-11H,6-9,14H2,1-5H3. The Morgan fingerprint density at radius 3 is 2.18 bits per heavy atom. The van der Waals surface area contributed by atoms with Gasteiger partial charge in [0.05, 0.1) is 5.54 Å². The lowest BCUT2D eigenvalue weighted by atomic mass is 9.99. The molecule has 17 heavy (non-hydrogen) atoms. The molecule has 0 aromatic carbocycles. The van der Waals surface area contributed by atoms with Gasteiger partial charge >= 0.3 is 0 Å². The molecule has 2 N–H and O–H groups in total. The van der Waals surface area contributed by atoms with E-state index in [1.54, 1.807) is 13.8 Å². The summed E-state index contributed by atoms with van der Waals surface area (Å²) in [6, 6.07) is 0.947. The summed E-state index contributed by atoms with van der Waals surface area (Å²) < 4.78 is 0. The molecule has 0 spiro atoms. The maximum absolute atomic E-state index is 12.1. The Morgan fingerprint density at radius 2 is 1.82 bits per heavy atom. The van der Waals surface area contributed by atoms with E-state index >= 15 is 0 Å². The van der Waals surface area contributed by atoms with Gasteiger partial charge in [-0.25, -0.2) is 0 Å². The lowest BCUT2D eigenvalue weighted by molar-refractivity contribution is -0.137. The maximum atomic E-state index is 12.1. The lowest BCUT2D eigenvalue weighted by Gasteiger charge is -2.40. The predicted octanol–water partition coefficient (Wildman–Crippen LogP) is 1.05. The van der Waals surface area contributed by atoms with E-state index in [1.807, 2.05) is 11.9 Å². The fraction of sp³-hybridized carbons (Fsp3) is 0.923. The normalized spacial score (nSPS) is 19.7. The van der Waals surface area contributed by atoms with Gasteiger partial charge in [0.2, 0.25) is 5.91 Å². The van der Waals surface area contributed by atoms with Crippen LogP contribution in [0.1, 0.15) is 40.5 Å². The SMILES string of the molecule is CC(C)N1CCC(N(C)C(=O)C(C)(C)N)CC1. The minimum Gasteiger partial charge on any atom is -0.341 e. The van der Waals surface area contributed by atoms with Crippen LogP contribution >= 0.6 is 0 Å². The molecule has 0 radical (unpaired) electrons. The highest BCUT2D eigenvalue weighted by Gasteiger charge is 2.32. The minimum absolute atomic E-state index is 0.0421. The van der Waals surface area contributed by atoms with Gasteiger partial charge in [0.15, 0.2) is 0 Å². The molecule has 0 bridgehead atoms. The van der Waals surface area contributed by atoms with E-state index in [0.29, 0.717) is 12.1 Å². The first-order chi connectivity index (χ1) is 7.73. The number of hydrogen-bond acceptors (Lipinski definition) is 3. The zero-order valence-corrected chi connectivity index (χ0v) is 11.9. The van der Waals surface area contributed by atoms with Crippen LogP contribution in [0, 0.1) is 0 Å². The third kappa shape index (κ3) is 3.68. The molecule has 4 nitrogen and oxygen atoms in total. The summed E-state index contributed by atoms with van der Waals surface area (Å²) in [7, 11) is 1.88. The van der Waals surface area contributed by atoms with Gasteiger partial charge in [0, 0.05) is 32.2 Å². The van der Waals surface area contributed by atoms with Crippen molar-refractivity contribution in [3.8, 4) is 0 Å². The molecular formula is C13H27N3O. The smallest absolute Gasteiger partial charge is 0.242 e. The van der Waals surface area contributed by atoms with Gasteiger partial charge in [-0.05, 0) is 40.5 Å². The zero-order chi connectivity index (χ0) is 13.2. The molecule has 1 rings (SSSR count). The summed E-state index contributed by atoms with van der Waals surface area (Å²) in [6.45, 7) is 10.1. The van der Waals surface area contributed by atoms with E-state index in [0.717, 1.165) is 25.9 Å². The van der Waals surface area contributed by atoms with Crippen LogP contribution in [-0.4, -0.2) is 53.5 Å². The van der Waals surface area contributed by atoms with Gasteiger partial charge in [-0.15, -0.1) is 0 Å².